The van der Waals surface area contributed by atoms with Crippen LogP contribution in [-0.4, -0.2) is 60.6 Å². The first-order valence-corrected chi connectivity index (χ1v) is 11.7. The molecule has 2 aliphatic heterocycles. The minimum Gasteiger partial charge on any atom is -0.356 e. The normalized spacial score (nSPS) is 20.3. The van der Waals surface area contributed by atoms with E-state index >= 15 is 0 Å². The topological polar surface area (TPSA) is 103 Å². The number of nitrogens with one attached hydrogen (secondary N) is 2. The van der Waals surface area contributed by atoms with E-state index in [2.05, 4.69) is 10.3 Å². The summed E-state index contributed by atoms with van der Waals surface area (Å²) in [5.74, 6) is -0.772. The summed E-state index contributed by atoms with van der Waals surface area (Å²) in [5.41, 5.74) is 0.976. The summed E-state index contributed by atoms with van der Waals surface area (Å²) in [6.45, 7) is 1.88. The fourth-order valence-corrected chi connectivity index (χ4v) is 5.55. The number of likely N-dealkylation sites (tertiary alicyclic amines) is 1. The van der Waals surface area contributed by atoms with Crippen molar-refractivity contribution in [1.82, 2.24) is 14.2 Å². The average molecular weight is 431 g/mol. The molecule has 0 radical (unpaired) electrons. The molecule has 1 aromatic carbocycles. The number of anilines is 1. The number of piperidine rings is 1. The van der Waals surface area contributed by atoms with Crippen LogP contribution in [0.5, 0.6) is 0 Å². The van der Waals surface area contributed by atoms with Crippen LogP contribution in [0.4, 0.5) is 5.69 Å². The zero-order chi connectivity index (χ0) is 21.1. The number of carbonyl (C=O) groups is 2. The molecule has 30 heavy (non-hydrogen) atoms. The lowest BCUT2D eigenvalue weighted by atomic mass is 9.99. The molecule has 8 nitrogen and oxygen atoms in total. The van der Waals surface area contributed by atoms with Crippen molar-refractivity contribution in [3.8, 4) is 0 Å². The highest BCUT2D eigenvalue weighted by Gasteiger charge is 2.34. The summed E-state index contributed by atoms with van der Waals surface area (Å²) in [6, 6.07) is 10.5. The number of sulfonamides is 1. The molecule has 0 aliphatic carbocycles. The maximum Gasteiger partial charge on any atom is 0.270 e. The van der Waals surface area contributed by atoms with Crippen LogP contribution in [0.2, 0.25) is 0 Å². The zero-order valence-corrected chi connectivity index (χ0v) is 17.5. The molecule has 1 atom stereocenters. The van der Waals surface area contributed by atoms with Gasteiger partial charge in [-0.25, -0.2) is 8.42 Å². The molecule has 2 fully saturated rings. The van der Waals surface area contributed by atoms with E-state index in [1.807, 2.05) is 18.2 Å². The summed E-state index contributed by atoms with van der Waals surface area (Å²) >= 11 is 0. The minimum absolute atomic E-state index is 0.0640. The van der Waals surface area contributed by atoms with E-state index in [1.165, 1.54) is 16.6 Å². The van der Waals surface area contributed by atoms with Gasteiger partial charge in [0.15, 0.2) is 0 Å². The zero-order valence-electron chi connectivity index (χ0n) is 16.7. The number of nitrogens with zero attached hydrogens (tertiary/aromatic N) is 2. The molecule has 4 rings (SSSR count). The number of rotatable bonds is 5. The van der Waals surface area contributed by atoms with Gasteiger partial charge in [0.2, 0.25) is 15.9 Å². The van der Waals surface area contributed by atoms with Crippen LogP contribution in [0, 0.1) is 5.92 Å². The molecule has 1 aromatic heterocycles. The summed E-state index contributed by atoms with van der Waals surface area (Å²) in [6.07, 6.45) is 4.55. The average Bonchev–Trinajstić information content (AvgIpc) is 3.47. The number of para-hydroxylation sites is 1. The Morgan fingerprint density at radius 3 is 2.50 bits per heavy atom. The largest absolute Gasteiger partial charge is 0.356 e. The second kappa shape index (κ2) is 8.61. The van der Waals surface area contributed by atoms with Gasteiger partial charge in [-0.2, -0.15) is 4.31 Å². The molecule has 1 unspecified atom stereocenters. The summed E-state index contributed by atoms with van der Waals surface area (Å²) in [5, 5.41) is 2.86. The first-order valence-electron chi connectivity index (χ1n) is 10.3. The van der Waals surface area contributed by atoms with Gasteiger partial charge in [0.25, 0.3) is 5.91 Å². The number of carbonyl (C=O) groups excluding carboxylic acids is 2. The van der Waals surface area contributed by atoms with Crippen molar-refractivity contribution >= 4 is 27.5 Å². The second-order valence-corrected chi connectivity index (χ2v) is 9.74. The van der Waals surface area contributed by atoms with Crippen LogP contribution in [-0.2, 0) is 14.8 Å². The summed E-state index contributed by atoms with van der Waals surface area (Å²) < 4.78 is 27.6. The van der Waals surface area contributed by atoms with Gasteiger partial charge in [-0.15, -0.1) is 0 Å². The third kappa shape index (κ3) is 4.27. The van der Waals surface area contributed by atoms with Gasteiger partial charge in [-0.05, 0) is 43.9 Å². The molecule has 3 heterocycles. The maximum atomic E-state index is 13.1. The van der Waals surface area contributed by atoms with Gasteiger partial charge in [0.1, 0.15) is 10.6 Å². The molecular weight excluding hydrogens is 404 g/mol. The first-order chi connectivity index (χ1) is 14.4. The summed E-state index contributed by atoms with van der Waals surface area (Å²) in [4.78, 5) is 29.8. The number of hydrogen-bond donors (Lipinski definition) is 2. The van der Waals surface area contributed by atoms with E-state index < -0.39 is 15.9 Å². The monoisotopic (exact) mass is 430 g/mol. The van der Waals surface area contributed by atoms with Crippen molar-refractivity contribution in [2.45, 2.75) is 30.6 Å². The highest BCUT2D eigenvalue weighted by atomic mass is 32.2. The van der Waals surface area contributed by atoms with E-state index in [9.17, 15) is 18.0 Å². The van der Waals surface area contributed by atoms with Crippen LogP contribution in [0.1, 0.15) is 36.2 Å². The van der Waals surface area contributed by atoms with Crippen molar-refractivity contribution in [3.63, 3.8) is 0 Å². The van der Waals surface area contributed by atoms with Gasteiger partial charge in [-0.3, -0.25) is 9.59 Å². The first kappa shape index (κ1) is 20.6. The molecule has 2 N–H and O–H groups in total. The third-order valence-electron chi connectivity index (χ3n) is 5.71. The van der Waals surface area contributed by atoms with Crippen LogP contribution in [0.3, 0.4) is 0 Å². The molecule has 9 heteroatoms. The number of benzene rings is 1. The highest BCUT2D eigenvalue weighted by Crippen LogP contribution is 2.26. The number of amides is 2. The minimum atomic E-state index is -3.79. The third-order valence-corrected chi connectivity index (χ3v) is 7.56. The van der Waals surface area contributed by atoms with Crippen LogP contribution >= 0.6 is 0 Å². The van der Waals surface area contributed by atoms with E-state index in [4.69, 9.17) is 0 Å². The van der Waals surface area contributed by atoms with Gasteiger partial charge >= 0.3 is 0 Å². The highest BCUT2D eigenvalue weighted by molar-refractivity contribution is 7.89. The van der Waals surface area contributed by atoms with Crippen molar-refractivity contribution in [1.29, 1.82) is 0 Å². The quantitative estimate of drug-likeness (QED) is 0.760. The molecule has 160 valence electrons. The number of aromatic nitrogens is 1. The lowest BCUT2D eigenvalue weighted by Gasteiger charge is -2.30. The maximum absolute atomic E-state index is 13.1. The molecule has 2 aliphatic rings. The number of aromatic amines is 1. The number of H-pyrrole nitrogens is 1. The molecule has 0 spiro atoms. The predicted octanol–water partition coefficient (Wildman–Crippen LogP) is 2.29. The van der Waals surface area contributed by atoms with Crippen LogP contribution in [0.15, 0.2) is 47.5 Å². The van der Waals surface area contributed by atoms with Gasteiger partial charge in [0.05, 0.1) is 5.92 Å². The Kier molecular flexibility index (Phi) is 5.92. The molecule has 2 aromatic rings. The lowest BCUT2D eigenvalue weighted by molar-refractivity contribution is -0.120. The molecule has 0 bridgehead atoms. The Morgan fingerprint density at radius 2 is 1.77 bits per heavy atom. The Balaban J connectivity index is 1.45. The number of hydrogen-bond acceptors (Lipinski definition) is 4. The Labute approximate surface area is 176 Å². The van der Waals surface area contributed by atoms with E-state index in [0.29, 0.717) is 38.2 Å². The Hall–Kier alpha value is -2.65. The van der Waals surface area contributed by atoms with E-state index in [1.54, 1.807) is 17.0 Å². The standard InChI is InChI=1S/C21H26N4O4S/c26-20(23-17-8-2-1-3-9-17)16-7-6-12-25(15-16)30(28,29)18-13-19(22-14-18)21(27)24-10-4-5-11-24/h1-3,8-9,13-14,16,22H,4-7,10-12,15H2,(H,23,26). The lowest BCUT2D eigenvalue weighted by Crippen LogP contribution is -2.43. The fraction of sp³-hybridized carbons (Fsp3) is 0.429. The molecule has 2 amide bonds. The van der Waals surface area contributed by atoms with Crippen molar-refractivity contribution in [3.05, 3.63) is 48.3 Å². The van der Waals surface area contributed by atoms with Crippen LogP contribution in [0.25, 0.3) is 0 Å². The van der Waals surface area contributed by atoms with E-state index in [0.717, 1.165) is 12.8 Å². The molecule has 0 saturated carbocycles. The van der Waals surface area contributed by atoms with Gasteiger partial charge in [0, 0.05) is 38.1 Å². The Morgan fingerprint density at radius 1 is 1.03 bits per heavy atom. The van der Waals surface area contributed by atoms with Crippen LogP contribution < -0.4 is 5.32 Å². The van der Waals surface area contributed by atoms with Crippen molar-refractivity contribution < 1.29 is 18.0 Å². The smallest absolute Gasteiger partial charge is 0.270 e. The summed E-state index contributed by atoms with van der Waals surface area (Å²) in [7, 11) is -3.79. The fourth-order valence-electron chi connectivity index (χ4n) is 4.03. The predicted molar refractivity (Wildman–Crippen MR) is 112 cm³/mol. The van der Waals surface area contributed by atoms with Crippen molar-refractivity contribution in [2.75, 3.05) is 31.5 Å². The molecular formula is C21H26N4O4S. The van der Waals surface area contributed by atoms with Gasteiger partial charge < -0.3 is 15.2 Å². The molecule has 2 saturated heterocycles. The second-order valence-electron chi connectivity index (χ2n) is 7.81. The SMILES string of the molecule is O=C(Nc1ccccc1)C1CCCN(S(=O)(=O)c2c[nH]c(C(=O)N3CCCC3)c2)C1. The van der Waals surface area contributed by atoms with E-state index in [-0.39, 0.29) is 28.9 Å². The van der Waals surface area contributed by atoms with Crippen molar-refractivity contribution in [2.24, 2.45) is 5.92 Å². The van der Waals surface area contributed by atoms with Gasteiger partial charge in [-0.1, -0.05) is 18.2 Å². The Bertz CT molecular complexity index is 1010.